The predicted octanol–water partition coefficient (Wildman–Crippen LogP) is -1.38. The van der Waals surface area contributed by atoms with Crippen LogP contribution in [0.15, 0.2) is 0 Å². The summed E-state index contributed by atoms with van der Waals surface area (Å²) in [5.41, 5.74) is 0. The molecule has 7 nitrogen and oxygen atoms in total. The Morgan fingerprint density at radius 2 is 2.00 bits per heavy atom. The SMILES string of the molecule is O=S([O-])OCCOS(=O)(=O)O. The van der Waals surface area contributed by atoms with Crippen LogP contribution in [0.2, 0.25) is 0 Å². The third kappa shape index (κ3) is 9.94. The van der Waals surface area contributed by atoms with E-state index in [0.29, 0.717) is 0 Å². The quantitative estimate of drug-likeness (QED) is 0.334. The van der Waals surface area contributed by atoms with Crippen molar-refractivity contribution in [2.45, 2.75) is 0 Å². The average Bonchev–Trinajstić information content (AvgIpc) is 1.78. The van der Waals surface area contributed by atoms with E-state index in [1.54, 1.807) is 0 Å². The molecule has 0 aromatic rings. The number of hydrogen-bond acceptors (Lipinski definition) is 6. The summed E-state index contributed by atoms with van der Waals surface area (Å²) in [6, 6.07) is 0. The van der Waals surface area contributed by atoms with E-state index in [2.05, 4.69) is 8.37 Å². The van der Waals surface area contributed by atoms with E-state index in [4.69, 9.17) is 4.55 Å². The zero-order chi connectivity index (χ0) is 8.91. The third-order valence-electron chi connectivity index (χ3n) is 0.495. The van der Waals surface area contributed by atoms with E-state index in [-0.39, 0.29) is 0 Å². The molecule has 0 saturated heterocycles. The molecule has 0 spiro atoms. The average molecular weight is 205 g/mol. The zero-order valence-electron chi connectivity index (χ0n) is 5.13. The monoisotopic (exact) mass is 205 g/mol. The summed E-state index contributed by atoms with van der Waals surface area (Å²) in [6.07, 6.45) is 0. The first-order valence-electron chi connectivity index (χ1n) is 2.26. The molecule has 0 aliphatic rings. The first-order chi connectivity index (χ1) is 4.92. The van der Waals surface area contributed by atoms with Gasteiger partial charge in [-0.1, -0.05) is 0 Å². The van der Waals surface area contributed by atoms with E-state index < -0.39 is 35.0 Å². The van der Waals surface area contributed by atoms with Crippen LogP contribution in [0, 0.1) is 0 Å². The lowest BCUT2D eigenvalue weighted by molar-refractivity contribution is 0.200. The van der Waals surface area contributed by atoms with Crippen molar-refractivity contribution in [1.82, 2.24) is 0 Å². The van der Waals surface area contributed by atoms with E-state index in [1.165, 1.54) is 0 Å². The van der Waals surface area contributed by atoms with Gasteiger partial charge in [-0.15, -0.1) is 0 Å². The summed E-state index contributed by atoms with van der Waals surface area (Å²) in [5.74, 6) is 0. The Kier molecular flexibility index (Phi) is 4.72. The lowest BCUT2D eigenvalue weighted by atomic mass is 10.8. The van der Waals surface area contributed by atoms with Gasteiger partial charge < -0.3 is 4.55 Å². The molecule has 9 heteroatoms. The van der Waals surface area contributed by atoms with Gasteiger partial charge in [-0.3, -0.25) is 8.74 Å². The summed E-state index contributed by atoms with van der Waals surface area (Å²) in [6.45, 7) is -1.01. The highest BCUT2D eigenvalue weighted by molar-refractivity contribution is 7.80. The number of hydrogen-bond donors (Lipinski definition) is 1. The molecule has 0 bridgehead atoms. The predicted molar refractivity (Wildman–Crippen MR) is 32.4 cm³/mol. The molecule has 0 aliphatic heterocycles. The van der Waals surface area contributed by atoms with Crippen LogP contribution >= 0.6 is 0 Å². The van der Waals surface area contributed by atoms with Gasteiger partial charge in [0.2, 0.25) is 0 Å². The molecule has 0 rings (SSSR count). The van der Waals surface area contributed by atoms with Gasteiger partial charge in [-0.25, -0.2) is 8.39 Å². The van der Waals surface area contributed by atoms with Gasteiger partial charge in [-0.05, 0) is 0 Å². The van der Waals surface area contributed by atoms with Crippen LogP contribution in [0.25, 0.3) is 0 Å². The molecular formula is C2H5O7S2-. The minimum atomic E-state index is -4.50. The Morgan fingerprint density at radius 1 is 1.45 bits per heavy atom. The fourth-order valence-corrected chi connectivity index (χ4v) is 0.724. The third-order valence-corrected chi connectivity index (χ3v) is 1.32. The molecule has 0 radical (unpaired) electrons. The Hall–Kier alpha value is -0.0600. The van der Waals surface area contributed by atoms with Gasteiger partial charge >= 0.3 is 10.4 Å². The highest BCUT2D eigenvalue weighted by Crippen LogP contribution is 1.86. The first-order valence-corrected chi connectivity index (χ1v) is 4.63. The van der Waals surface area contributed by atoms with E-state index in [0.717, 1.165) is 0 Å². The van der Waals surface area contributed by atoms with Crippen molar-refractivity contribution in [2.75, 3.05) is 13.2 Å². The van der Waals surface area contributed by atoms with E-state index in [1.807, 2.05) is 0 Å². The maximum Gasteiger partial charge on any atom is 0.397 e. The normalized spacial score (nSPS) is 14.7. The van der Waals surface area contributed by atoms with Gasteiger partial charge in [0.25, 0.3) is 0 Å². The second-order valence-electron chi connectivity index (χ2n) is 1.28. The Balaban J connectivity index is 3.37. The minimum Gasteiger partial charge on any atom is -0.750 e. The maximum atomic E-state index is 9.80. The highest BCUT2D eigenvalue weighted by atomic mass is 32.3. The fourth-order valence-electron chi connectivity index (χ4n) is 0.241. The molecule has 11 heavy (non-hydrogen) atoms. The van der Waals surface area contributed by atoms with Gasteiger partial charge in [0.15, 0.2) is 0 Å². The maximum absolute atomic E-state index is 9.80. The summed E-state index contributed by atoms with van der Waals surface area (Å²) in [7, 11) is -4.50. The van der Waals surface area contributed by atoms with Crippen LogP contribution in [0.1, 0.15) is 0 Å². The lowest BCUT2D eigenvalue weighted by Crippen LogP contribution is -2.10. The Bertz CT molecular complexity index is 217. The molecule has 1 N–H and O–H groups in total. The van der Waals surface area contributed by atoms with E-state index in [9.17, 15) is 17.2 Å². The summed E-state index contributed by atoms with van der Waals surface area (Å²) in [4.78, 5) is 0. The molecule has 0 fully saturated rings. The zero-order valence-corrected chi connectivity index (χ0v) is 6.76. The molecule has 0 amide bonds. The highest BCUT2D eigenvalue weighted by Gasteiger charge is 2.02. The van der Waals surface area contributed by atoms with Crippen LogP contribution in [0.3, 0.4) is 0 Å². The van der Waals surface area contributed by atoms with Crippen molar-refractivity contribution in [1.29, 1.82) is 0 Å². The van der Waals surface area contributed by atoms with Crippen molar-refractivity contribution < 1.29 is 30.1 Å². The van der Waals surface area contributed by atoms with Crippen LogP contribution in [-0.2, 0) is 30.1 Å². The second-order valence-corrected chi connectivity index (χ2v) is 3.01. The van der Waals surface area contributed by atoms with Crippen molar-refractivity contribution in [3.8, 4) is 0 Å². The standard InChI is InChI=1S/C2H6O7S2/c3-10(4)8-1-2-9-11(5,6)7/h1-2H2,(H,3,4)(H,5,6,7)/p-1. The molecule has 1 unspecified atom stereocenters. The van der Waals surface area contributed by atoms with Crippen LogP contribution in [0.5, 0.6) is 0 Å². The van der Waals surface area contributed by atoms with Crippen LogP contribution in [-0.4, -0.2) is 34.9 Å². The molecular weight excluding hydrogens is 200 g/mol. The molecule has 1 atom stereocenters. The first kappa shape index (κ1) is 10.9. The van der Waals surface area contributed by atoms with E-state index >= 15 is 0 Å². The van der Waals surface area contributed by atoms with Crippen LogP contribution < -0.4 is 0 Å². The summed E-state index contributed by atoms with van der Waals surface area (Å²) >= 11 is -2.70. The van der Waals surface area contributed by atoms with Crippen LogP contribution in [0.4, 0.5) is 0 Å². The molecule has 0 saturated carbocycles. The second kappa shape index (κ2) is 4.74. The smallest absolute Gasteiger partial charge is 0.397 e. The Morgan fingerprint density at radius 3 is 2.36 bits per heavy atom. The van der Waals surface area contributed by atoms with Crippen molar-refractivity contribution in [2.24, 2.45) is 0 Å². The molecule has 0 heterocycles. The fraction of sp³-hybridized carbons (Fsp3) is 1.00. The van der Waals surface area contributed by atoms with Crippen molar-refractivity contribution in [3.63, 3.8) is 0 Å². The summed E-state index contributed by atoms with van der Waals surface area (Å²) < 4.78 is 54.4. The van der Waals surface area contributed by atoms with Gasteiger partial charge in [0.05, 0.1) is 24.6 Å². The van der Waals surface area contributed by atoms with Crippen molar-refractivity contribution in [3.05, 3.63) is 0 Å². The van der Waals surface area contributed by atoms with Gasteiger partial charge in [0.1, 0.15) is 0 Å². The Labute approximate surface area is 65.8 Å². The molecule has 0 aromatic heterocycles. The lowest BCUT2D eigenvalue weighted by Gasteiger charge is -2.03. The molecule has 0 aliphatic carbocycles. The minimum absolute atomic E-state index is 0.462. The van der Waals surface area contributed by atoms with Gasteiger partial charge in [-0.2, -0.15) is 8.42 Å². The largest absolute Gasteiger partial charge is 0.750 e. The van der Waals surface area contributed by atoms with Crippen molar-refractivity contribution >= 4 is 21.8 Å². The topological polar surface area (TPSA) is 113 Å². The number of rotatable bonds is 5. The molecule has 0 aromatic carbocycles. The van der Waals surface area contributed by atoms with Gasteiger partial charge in [0, 0.05) is 0 Å². The summed E-state index contributed by atoms with van der Waals surface area (Å²) in [5, 5.41) is 0. The molecule has 68 valence electrons.